The average molecular weight is 532 g/mol. The Balaban J connectivity index is 1.45. The van der Waals surface area contributed by atoms with Gasteiger partial charge in [0, 0.05) is 15.7 Å². The van der Waals surface area contributed by atoms with Crippen molar-refractivity contribution in [3.05, 3.63) is 101 Å². The van der Waals surface area contributed by atoms with Crippen LogP contribution in [0.15, 0.2) is 105 Å². The molecule has 0 aliphatic heterocycles. The van der Waals surface area contributed by atoms with E-state index in [1.54, 1.807) is 6.21 Å². The number of nitrogens with one attached hydrogen (secondary N) is 1. The highest BCUT2D eigenvalue weighted by molar-refractivity contribution is 9.10. The molecule has 1 amide bonds. The molecule has 4 rings (SSSR count). The highest BCUT2D eigenvalue weighted by Crippen LogP contribution is 2.28. The van der Waals surface area contributed by atoms with Crippen LogP contribution in [0.4, 0.5) is 0 Å². The Hall–Kier alpha value is -3.49. The molecule has 1 aromatic heterocycles. The number of nitrogens with zero attached hydrogens (tertiary/aromatic N) is 4. The third-order valence-electron chi connectivity index (χ3n) is 4.73. The topological polar surface area (TPSA) is 72.2 Å². The molecule has 8 heteroatoms. The van der Waals surface area contributed by atoms with Crippen molar-refractivity contribution >= 4 is 45.9 Å². The van der Waals surface area contributed by atoms with Gasteiger partial charge in [-0.25, -0.2) is 5.43 Å². The molecule has 0 aliphatic rings. The maximum atomic E-state index is 12.4. The average Bonchev–Trinajstić information content (AvgIpc) is 3.28. The lowest BCUT2D eigenvalue weighted by Crippen LogP contribution is -2.20. The van der Waals surface area contributed by atoms with E-state index < -0.39 is 0 Å². The summed E-state index contributed by atoms with van der Waals surface area (Å²) in [6.45, 7) is 1.93. The SMILES string of the molecule is CC(/C=N\NC(=O)CSc1nnc(-c2ccccc2)n1-c1ccc(Br)cc1)=C\c1ccccc1. The summed E-state index contributed by atoms with van der Waals surface area (Å²) in [7, 11) is 0. The van der Waals surface area contributed by atoms with Gasteiger partial charge in [-0.05, 0) is 42.3 Å². The molecule has 34 heavy (non-hydrogen) atoms. The van der Waals surface area contributed by atoms with Gasteiger partial charge < -0.3 is 0 Å². The third kappa shape index (κ3) is 6.30. The second kappa shape index (κ2) is 11.6. The van der Waals surface area contributed by atoms with E-state index in [4.69, 9.17) is 0 Å². The second-order valence-electron chi connectivity index (χ2n) is 7.36. The molecule has 0 unspecified atom stereocenters. The monoisotopic (exact) mass is 531 g/mol. The van der Waals surface area contributed by atoms with Gasteiger partial charge in [0.1, 0.15) is 0 Å². The lowest BCUT2D eigenvalue weighted by Gasteiger charge is -2.10. The first-order valence-electron chi connectivity index (χ1n) is 10.5. The highest BCUT2D eigenvalue weighted by Gasteiger charge is 2.17. The standard InChI is InChI=1S/C26H22BrN5OS/c1-19(16-20-8-4-2-5-9-20)17-28-29-24(33)18-34-26-31-30-25(21-10-6-3-7-11-21)32(26)23-14-12-22(27)13-15-23/h2-17H,18H2,1H3,(H,29,33)/b19-16+,28-17-. The first kappa shape index (κ1) is 23.7. The number of allylic oxidation sites excluding steroid dienone is 1. The summed E-state index contributed by atoms with van der Waals surface area (Å²) in [5, 5.41) is 13.4. The summed E-state index contributed by atoms with van der Waals surface area (Å²) in [5.74, 6) is 0.647. The van der Waals surface area contributed by atoms with Crippen molar-refractivity contribution in [2.24, 2.45) is 5.10 Å². The molecular weight excluding hydrogens is 510 g/mol. The fraction of sp³-hybridized carbons (Fsp3) is 0.0769. The van der Waals surface area contributed by atoms with Crippen molar-refractivity contribution in [2.45, 2.75) is 12.1 Å². The van der Waals surface area contributed by atoms with Gasteiger partial charge in [-0.3, -0.25) is 9.36 Å². The number of hydrogen-bond acceptors (Lipinski definition) is 5. The Kier molecular flexibility index (Phi) is 8.06. The quantitative estimate of drug-likeness (QED) is 0.172. The summed E-state index contributed by atoms with van der Waals surface area (Å²) < 4.78 is 2.93. The van der Waals surface area contributed by atoms with Crippen LogP contribution in [-0.2, 0) is 4.79 Å². The van der Waals surface area contributed by atoms with Gasteiger partial charge in [0.15, 0.2) is 11.0 Å². The molecule has 0 aliphatic carbocycles. The molecule has 3 aromatic carbocycles. The molecule has 0 saturated heterocycles. The largest absolute Gasteiger partial charge is 0.272 e. The minimum absolute atomic E-state index is 0.155. The van der Waals surface area contributed by atoms with Crippen LogP contribution < -0.4 is 5.43 Å². The first-order chi connectivity index (χ1) is 16.6. The van der Waals surface area contributed by atoms with Crippen LogP contribution in [0.2, 0.25) is 0 Å². The van der Waals surface area contributed by atoms with Gasteiger partial charge in [-0.1, -0.05) is 94.4 Å². The first-order valence-corrected chi connectivity index (χ1v) is 12.3. The van der Waals surface area contributed by atoms with Crippen LogP contribution in [0.5, 0.6) is 0 Å². The van der Waals surface area contributed by atoms with E-state index in [-0.39, 0.29) is 11.7 Å². The molecule has 4 aromatic rings. The number of hydrazone groups is 1. The van der Waals surface area contributed by atoms with Crippen LogP contribution >= 0.6 is 27.7 Å². The van der Waals surface area contributed by atoms with E-state index in [0.717, 1.165) is 26.9 Å². The summed E-state index contributed by atoms with van der Waals surface area (Å²) in [5.41, 5.74) is 6.45. The normalized spacial score (nSPS) is 11.6. The molecule has 170 valence electrons. The Bertz CT molecular complexity index is 1300. The van der Waals surface area contributed by atoms with E-state index >= 15 is 0 Å². The number of amides is 1. The van der Waals surface area contributed by atoms with Gasteiger partial charge in [0.25, 0.3) is 5.91 Å². The number of hydrogen-bond donors (Lipinski definition) is 1. The van der Waals surface area contributed by atoms with Crippen LogP contribution in [0, 0.1) is 0 Å². The van der Waals surface area contributed by atoms with Gasteiger partial charge in [0.05, 0.1) is 12.0 Å². The van der Waals surface area contributed by atoms with Crippen molar-refractivity contribution in [3.8, 4) is 17.1 Å². The molecule has 0 atom stereocenters. The predicted molar refractivity (Wildman–Crippen MR) is 142 cm³/mol. The van der Waals surface area contributed by atoms with Crippen molar-refractivity contribution in [1.29, 1.82) is 0 Å². The molecule has 6 nitrogen and oxygen atoms in total. The van der Waals surface area contributed by atoms with Gasteiger partial charge >= 0.3 is 0 Å². The number of aromatic nitrogens is 3. The fourth-order valence-electron chi connectivity index (χ4n) is 3.18. The maximum absolute atomic E-state index is 12.4. The Labute approximate surface area is 210 Å². The zero-order valence-corrected chi connectivity index (χ0v) is 20.8. The van der Waals surface area contributed by atoms with Gasteiger partial charge in [0.2, 0.25) is 0 Å². The van der Waals surface area contributed by atoms with Gasteiger partial charge in [-0.2, -0.15) is 5.10 Å². The number of halogens is 1. The van der Waals surface area contributed by atoms with Crippen molar-refractivity contribution in [3.63, 3.8) is 0 Å². The molecule has 1 heterocycles. The fourth-order valence-corrected chi connectivity index (χ4v) is 4.19. The molecule has 0 radical (unpaired) electrons. The van der Waals surface area contributed by atoms with Crippen molar-refractivity contribution in [1.82, 2.24) is 20.2 Å². The van der Waals surface area contributed by atoms with Crippen LogP contribution in [0.25, 0.3) is 23.2 Å². The van der Waals surface area contributed by atoms with E-state index in [0.29, 0.717) is 11.0 Å². The second-order valence-corrected chi connectivity index (χ2v) is 9.22. The minimum atomic E-state index is -0.222. The maximum Gasteiger partial charge on any atom is 0.250 e. The Morgan fingerprint density at radius 1 is 1.00 bits per heavy atom. The van der Waals surface area contributed by atoms with Crippen molar-refractivity contribution in [2.75, 3.05) is 5.75 Å². The summed E-state index contributed by atoms with van der Waals surface area (Å²) in [4.78, 5) is 12.4. The third-order valence-corrected chi connectivity index (χ3v) is 6.19. The minimum Gasteiger partial charge on any atom is -0.272 e. The molecule has 0 saturated carbocycles. The zero-order valence-electron chi connectivity index (χ0n) is 18.4. The summed E-state index contributed by atoms with van der Waals surface area (Å²) in [6, 6.07) is 27.7. The molecule has 1 N–H and O–H groups in total. The zero-order chi connectivity index (χ0) is 23.8. The van der Waals surface area contributed by atoms with E-state index in [9.17, 15) is 4.79 Å². The molecule has 0 bridgehead atoms. The number of carbonyl (C=O) groups is 1. The van der Waals surface area contributed by atoms with Crippen LogP contribution in [-0.4, -0.2) is 32.6 Å². The smallest absolute Gasteiger partial charge is 0.250 e. The molecule has 0 spiro atoms. The number of rotatable bonds is 8. The highest BCUT2D eigenvalue weighted by atomic mass is 79.9. The van der Waals surface area contributed by atoms with Crippen molar-refractivity contribution < 1.29 is 4.79 Å². The number of thioether (sulfide) groups is 1. The Morgan fingerprint density at radius 2 is 1.68 bits per heavy atom. The summed E-state index contributed by atoms with van der Waals surface area (Å²) in [6.07, 6.45) is 3.63. The van der Waals surface area contributed by atoms with Gasteiger partial charge in [-0.15, -0.1) is 10.2 Å². The van der Waals surface area contributed by atoms with E-state index in [1.165, 1.54) is 11.8 Å². The number of benzene rings is 3. The summed E-state index contributed by atoms with van der Waals surface area (Å²) >= 11 is 4.79. The predicted octanol–water partition coefficient (Wildman–Crippen LogP) is 5.99. The lowest BCUT2D eigenvalue weighted by atomic mass is 10.1. The lowest BCUT2D eigenvalue weighted by molar-refractivity contribution is -0.118. The van der Waals surface area contributed by atoms with Crippen LogP contribution in [0.3, 0.4) is 0 Å². The molecule has 0 fully saturated rings. The Morgan fingerprint density at radius 3 is 2.38 bits per heavy atom. The van der Waals surface area contributed by atoms with E-state index in [1.807, 2.05) is 102 Å². The van der Waals surface area contributed by atoms with Crippen LogP contribution in [0.1, 0.15) is 12.5 Å². The number of carbonyl (C=O) groups excluding carboxylic acids is 1. The molecular formula is C26H22BrN5OS. The van der Waals surface area contributed by atoms with E-state index in [2.05, 4.69) is 36.7 Å².